The summed E-state index contributed by atoms with van der Waals surface area (Å²) in [5.41, 5.74) is 3.09. The molecule has 1 heterocycles. The Morgan fingerprint density at radius 3 is 2.61 bits per heavy atom. The van der Waals surface area contributed by atoms with Crippen LogP contribution >= 0.6 is 0 Å². The van der Waals surface area contributed by atoms with Crippen molar-refractivity contribution >= 4 is 23.4 Å². The Bertz CT molecular complexity index is 1030. The van der Waals surface area contributed by atoms with Gasteiger partial charge in [0, 0.05) is 6.08 Å². The average molecular weight is 423 g/mol. The zero-order chi connectivity index (χ0) is 22.4. The van der Waals surface area contributed by atoms with Crippen LogP contribution in [0.2, 0.25) is 0 Å². The van der Waals surface area contributed by atoms with Crippen LogP contribution in [0.3, 0.4) is 0 Å². The molecule has 0 saturated heterocycles. The van der Waals surface area contributed by atoms with Gasteiger partial charge in [-0.1, -0.05) is 18.2 Å². The number of ether oxygens (including phenoxy) is 1. The SMILES string of the molecule is Cc1ccc(OCCNC(=O)c2ccccc2NC2=CC(=O)N(CCO)C2=O)cc1C. The van der Waals surface area contributed by atoms with Crippen molar-refractivity contribution in [2.45, 2.75) is 13.8 Å². The molecule has 8 nitrogen and oxygen atoms in total. The minimum atomic E-state index is -0.545. The fourth-order valence-electron chi connectivity index (χ4n) is 3.08. The maximum Gasteiger partial charge on any atom is 0.277 e. The molecular formula is C23H25N3O5. The van der Waals surface area contributed by atoms with E-state index in [1.54, 1.807) is 24.3 Å². The molecule has 0 fully saturated rings. The van der Waals surface area contributed by atoms with Gasteiger partial charge in [-0.15, -0.1) is 0 Å². The summed E-state index contributed by atoms with van der Waals surface area (Å²) in [7, 11) is 0. The molecule has 3 N–H and O–H groups in total. The molecule has 1 aliphatic heterocycles. The predicted molar refractivity (Wildman–Crippen MR) is 116 cm³/mol. The van der Waals surface area contributed by atoms with Crippen molar-refractivity contribution in [3.8, 4) is 5.75 Å². The molecule has 0 radical (unpaired) electrons. The first-order valence-electron chi connectivity index (χ1n) is 9.93. The van der Waals surface area contributed by atoms with E-state index in [9.17, 15) is 14.4 Å². The molecule has 0 bridgehead atoms. The summed E-state index contributed by atoms with van der Waals surface area (Å²) in [6, 6.07) is 12.5. The largest absolute Gasteiger partial charge is 0.492 e. The van der Waals surface area contributed by atoms with Crippen LogP contribution in [-0.2, 0) is 9.59 Å². The monoisotopic (exact) mass is 423 g/mol. The first-order valence-corrected chi connectivity index (χ1v) is 9.93. The zero-order valence-corrected chi connectivity index (χ0v) is 17.5. The lowest BCUT2D eigenvalue weighted by atomic mass is 10.1. The van der Waals surface area contributed by atoms with E-state index in [0.717, 1.165) is 22.3 Å². The van der Waals surface area contributed by atoms with Crippen molar-refractivity contribution in [3.63, 3.8) is 0 Å². The summed E-state index contributed by atoms with van der Waals surface area (Å²) in [6.45, 7) is 4.24. The molecule has 2 aromatic rings. The number of nitrogens with zero attached hydrogens (tertiary/aromatic N) is 1. The Morgan fingerprint density at radius 2 is 1.87 bits per heavy atom. The smallest absolute Gasteiger partial charge is 0.277 e. The Hall–Kier alpha value is -3.65. The van der Waals surface area contributed by atoms with Crippen LogP contribution in [0.15, 0.2) is 54.2 Å². The topological polar surface area (TPSA) is 108 Å². The number of aliphatic hydroxyl groups excluding tert-OH is 1. The molecule has 0 aliphatic carbocycles. The normalized spacial score (nSPS) is 13.3. The van der Waals surface area contributed by atoms with Gasteiger partial charge in [0.1, 0.15) is 18.1 Å². The summed E-state index contributed by atoms with van der Waals surface area (Å²) in [5, 5.41) is 14.7. The van der Waals surface area contributed by atoms with Gasteiger partial charge >= 0.3 is 0 Å². The zero-order valence-electron chi connectivity index (χ0n) is 17.5. The van der Waals surface area contributed by atoms with E-state index in [1.807, 2.05) is 32.0 Å². The Morgan fingerprint density at radius 1 is 1.10 bits per heavy atom. The lowest BCUT2D eigenvalue weighted by molar-refractivity contribution is -0.137. The number of benzene rings is 2. The lowest BCUT2D eigenvalue weighted by Gasteiger charge is -2.15. The molecule has 3 amide bonds. The van der Waals surface area contributed by atoms with Crippen molar-refractivity contribution in [1.29, 1.82) is 0 Å². The summed E-state index contributed by atoms with van der Waals surface area (Å²) < 4.78 is 5.68. The number of anilines is 1. The van der Waals surface area contributed by atoms with Crippen molar-refractivity contribution in [2.24, 2.45) is 0 Å². The highest BCUT2D eigenvalue weighted by Gasteiger charge is 2.31. The highest BCUT2D eigenvalue weighted by atomic mass is 16.5. The Balaban J connectivity index is 1.59. The van der Waals surface area contributed by atoms with Gasteiger partial charge in [-0.05, 0) is 49.2 Å². The minimum absolute atomic E-state index is 0.0526. The standard InChI is InChI=1S/C23H25N3O5/c1-15-7-8-17(13-16(15)2)31-12-9-24-22(29)18-5-3-4-6-19(18)25-20-14-21(28)26(10-11-27)23(20)30/h3-8,13-14,25,27H,9-12H2,1-2H3,(H,24,29). The van der Waals surface area contributed by atoms with Crippen molar-refractivity contribution < 1.29 is 24.2 Å². The molecule has 31 heavy (non-hydrogen) atoms. The van der Waals surface area contributed by atoms with E-state index in [1.165, 1.54) is 5.56 Å². The number of hydrogen-bond donors (Lipinski definition) is 3. The van der Waals surface area contributed by atoms with Gasteiger partial charge in [0.05, 0.1) is 30.9 Å². The summed E-state index contributed by atoms with van der Waals surface area (Å²) >= 11 is 0. The van der Waals surface area contributed by atoms with Crippen LogP contribution < -0.4 is 15.4 Å². The second-order valence-corrected chi connectivity index (χ2v) is 7.10. The summed E-state index contributed by atoms with van der Waals surface area (Å²) in [6.07, 6.45) is 1.16. The van der Waals surface area contributed by atoms with E-state index in [0.29, 0.717) is 24.4 Å². The number of nitrogens with one attached hydrogen (secondary N) is 2. The average Bonchev–Trinajstić information content (AvgIpc) is 3.01. The number of amides is 3. The van der Waals surface area contributed by atoms with Crippen molar-refractivity contribution in [2.75, 3.05) is 31.6 Å². The Kier molecular flexibility index (Phi) is 7.04. The molecule has 1 aliphatic rings. The quantitative estimate of drug-likeness (QED) is 0.419. The number of carbonyl (C=O) groups excluding carboxylic acids is 3. The number of rotatable bonds is 9. The molecule has 3 rings (SSSR count). The highest BCUT2D eigenvalue weighted by Crippen LogP contribution is 2.21. The first-order chi connectivity index (χ1) is 14.9. The van der Waals surface area contributed by atoms with Crippen LogP contribution in [0.4, 0.5) is 5.69 Å². The van der Waals surface area contributed by atoms with Crippen LogP contribution in [0.25, 0.3) is 0 Å². The number of aryl methyl sites for hydroxylation is 2. The molecule has 8 heteroatoms. The van der Waals surface area contributed by atoms with E-state index in [2.05, 4.69) is 10.6 Å². The van der Waals surface area contributed by atoms with Gasteiger partial charge in [0.25, 0.3) is 17.7 Å². The van der Waals surface area contributed by atoms with Crippen LogP contribution in [0, 0.1) is 13.8 Å². The van der Waals surface area contributed by atoms with Crippen LogP contribution in [0.5, 0.6) is 5.75 Å². The number of β-amino-alcohol motifs (C(OH)–C–C–N with tert-alkyl or cyclic N) is 1. The van der Waals surface area contributed by atoms with Gasteiger partial charge in [-0.3, -0.25) is 19.3 Å². The molecule has 0 atom stereocenters. The molecule has 0 saturated carbocycles. The number of aliphatic hydroxyl groups is 1. The first kappa shape index (κ1) is 22.0. The molecule has 2 aromatic carbocycles. The minimum Gasteiger partial charge on any atom is -0.492 e. The number of carbonyl (C=O) groups is 3. The van der Waals surface area contributed by atoms with Crippen LogP contribution in [0.1, 0.15) is 21.5 Å². The number of para-hydroxylation sites is 1. The second kappa shape index (κ2) is 9.90. The fraction of sp³-hybridized carbons (Fsp3) is 0.261. The third-order valence-corrected chi connectivity index (χ3v) is 4.91. The van der Waals surface area contributed by atoms with E-state index < -0.39 is 11.8 Å². The number of imide groups is 1. The lowest BCUT2D eigenvalue weighted by Crippen LogP contribution is -2.34. The van der Waals surface area contributed by atoms with E-state index >= 15 is 0 Å². The molecule has 0 spiro atoms. The Labute approximate surface area is 180 Å². The maximum atomic E-state index is 12.6. The molecule has 162 valence electrons. The third kappa shape index (κ3) is 5.29. The molecular weight excluding hydrogens is 398 g/mol. The summed E-state index contributed by atoms with van der Waals surface area (Å²) in [5.74, 6) is -0.650. The van der Waals surface area contributed by atoms with Gasteiger partial charge in [-0.25, -0.2) is 0 Å². The van der Waals surface area contributed by atoms with Gasteiger partial charge in [0.15, 0.2) is 0 Å². The van der Waals surface area contributed by atoms with Crippen LogP contribution in [-0.4, -0.2) is 54.0 Å². The summed E-state index contributed by atoms with van der Waals surface area (Å²) in [4.78, 5) is 37.8. The van der Waals surface area contributed by atoms with Gasteiger partial charge in [-0.2, -0.15) is 0 Å². The van der Waals surface area contributed by atoms with Gasteiger partial charge < -0.3 is 20.5 Å². The fourth-order valence-corrected chi connectivity index (χ4v) is 3.08. The molecule has 0 unspecified atom stereocenters. The third-order valence-electron chi connectivity index (χ3n) is 4.91. The highest BCUT2D eigenvalue weighted by molar-refractivity contribution is 6.17. The van der Waals surface area contributed by atoms with Gasteiger partial charge in [0.2, 0.25) is 0 Å². The predicted octanol–water partition coefficient (Wildman–Crippen LogP) is 1.77. The van der Waals surface area contributed by atoms with Crippen molar-refractivity contribution in [3.05, 3.63) is 70.9 Å². The maximum absolute atomic E-state index is 12.6. The second-order valence-electron chi connectivity index (χ2n) is 7.10. The van der Waals surface area contributed by atoms with Crippen molar-refractivity contribution in [1.82, 2.24) is 10.2 Å². The molecule has 0 aromatic heterocycles. The number of hydrogen-bond acceptors (Lipinski definition) is 6. The van der Waals surface area contributed by atoms with E-state index in [4.69, 9.17) is 9.84 Å². The van der Waals surface area contributed by atoms with E-state index in [-0.39, 0.29) is 24.8 Å².